The fourth-order valence-electron chi connectivity index (χ4n) is 2.25. The lowest BCUT2D eigenvalue weighted by Gasteiger charge is -2.21. The summed E-state index contributed by atoms with van der Waals surface area (Å²) in [5, 5.41) is 3.35. The van der Waals surface area contributed by atoms with Crippen molar-refractivity contribution in [2.45, 2.75) is 13.3 Å². The second-order valence-corrected chi connectivity index (χ2v) is 5.74. The van der Waals surface area contributed by atoms with Crippen molar-refractivity contribution in [2.24, 2.45) is 0 Å². The maximum Gasteiger partial charge on any atom is 0.224 e. The Kier molecular flexibility index (Phi) is 6.32. The number of nitrogens with one attached hydrogen (secondary N) is 1. The van der Waals surface area contributed by atoms with Gasteiger partial charge < -0.3 is 10.2 Å². The molecule has 0 saturated heterocycles. The van der Waals surface area contributed by atoms with Crippen LogP contribution in [0.5, 0.6) is 0 Å². The van der Waals surface area contributed by atoms with E-state index in [-0.39, 0.29) is 24.1 Å². The molecule has 2 amide bonds. The topological polar surface area (TPSA) is 49.4 Å². The average Bonchev–Trinajstić information content (AvgIpc) is 2.54. The number of amides is 2. The van der Waals surface area contributed by atoms with Crippen LogP contribution in [-0.4, -0.2) is 24.9 Å². The monoisotopic (exact) mass is 348 g/mol. The molecule has 2 aromatic rings. The first kappa shape index (κ1) is 17.9. The van der Waals surface area contributed by atoms with Gasteiger partial charge >= 0.3 is 0 Å². The standard InChI is InChI=1S/C18H18ClFN2O2/c1-13(23)22(17-8-4-15(19)5-9-17)11-10-21-18(24)12-14-2-6-16(20)7-3-14/h2-9H,10-12H2,1H3,(H,21,24). The van der Waals surface area contributed by atoms with Crippen LogP contribution in [0.1, 0.15) is 12.5 Å². The number of nitrogens with zero attached hydrogens (tertiary/aromatic N) is 1. The van der Waals surface area contributed by atoms with Crippen LogP contribution in [0.25, 0.3) is 0 Å². The largest absolute Gasteiger partial charge is 0.354 e. The van der Waals surface area contributed by atoms with Gasteiger partial charge in [-0.05, 0) is 42.0 Å². The summed E-state index contributed by atoms with van der Waals surface area (Å²) in [6.07, 6.45) is 0.168. The number of halogens is 2. The Labute approximate surface area is 145 Å². The lowest BCUT2D eigenvalue weighted by molar-refractivity contribution is -0.121. The Hall–Kier alpha value is -2.40. The Morgan fingerprint density at radius 3 is 2.29 bits per heavy atom. The molecular formula is C18H18ClFN2O2. The number of rotatable bonds is 6. The van der Waals surface area contributed by atoms with Crippen LogP contribution < -0.4 is 10.2 Å². The summed E-state index contributed by atoms with van der Waals surface area (Å²) in [4.78, 5) is 25.2. The number of benzene rings is 2. The van der Waals surface area contributed by atoms with E-state index < -0.39 is 0 Å². The van der Waals surface area contributed by atoms with E-state index in [0.717, 1.165) is 11.3 Å². The maximum atomic E-state index is 12.8. The first-order valence-corrected chi connectivity index (χ1v) is 7.88. The molecule has 0 aliphatic rings. The van der Waals surface area contributed by atoms with E-state index in [2.05, 4.69) is 5.32 Å². The molecule has 24 heavy (non-hydrogen) atoms. The van der Waals surface area contributed by atoms with Crippen molar-refractivity contribution in [3.05, 3.63) is 64.9 Å². The minimum atomic E-state index is -0.334. The molecule has 0 bridgehead atoms. The van der Waals surface area contributed by atoms with E-state index in [4.69, 9.17) is 11.6 Å². The Balaban J connectivity index is 1.86. The highest BCUT2D eigenvalue weighted by Gasteiger charge is 2.12. The highest BCUT2D eigenvalue weighted by Crippen LogP contribution is 2.17. The molecule has 0 radical (unpaired) electrons. The van der Waals surface area contributed by atoms with Crippen LogP contribution in [0.4, 0.5) is 10.1 Å². The van der Waals surface area contributed by atoms with Crippen LogP contribution in [0.2, 0.25) is 5.02 Å². The molecule has 2 aromatic carbocycles. The van der Waals surface area contributed by atoms with Crippen LogP contribution in [0.3, 0.4) is 0 Å². The van der Waals surface area contributed by atoms with E-state index in [9.17, 15) is 14.0 Å². The van der Waals surface area contributed by atoms with Crippen molar-refractivity contribution in [2.75, 3.05) is 18.0 Å². The molecule has 6 heteroatoms. The van der Waals surface area contributed by atoms with Gasteiger partial charge in [-0.3, -0.25) is 9.59 Å². The number of carbonyl (C=O) groups excluding carboxylic acids is 2. The minimum absolute atomic E-state index is 0.120. The number of hydrogen-bond acceptors (Lipinski definition) is 2. The fourth-order valence-corrected chi connectivity index (χ4v) is 2.37. The van der Waals surface area contributed by atoms with Crippen molar-refractivity contribution in [3.63, 3.8) is 0 Å². The quantitative estimate of drug-likeness (QED) is 0.871. The molecule has 1 N–H and O–H groups in total. The molecule has 0 atom stereocenters. The Bertz CT molecular complexity index is 702. The summed E-state index contributed by atoms with van der Waals surface area (Å²) in [6.45, 7) is 2.14. The summed E-state index contributed by atoms with van der Waals surface area (Å²) in [5.74, 6) is -0.634. The maximum absolute atomic E-state index is 12.8. The second-order valence-electron chi connectivity index (χ2n) is 5.30. The lowest BCUT2D eigenvalue weighted by Crippen LogP contribution is -2.38. The smallest absolute Gasteiger partial charge is 0.224 e. The van der Waals surface area contributed by atoms with Crippen molar-refractivity contribution in [1.82, 2.24) is 5.32 Å². The van der Waals surface area contributed by atoms with Gasteiger partial charge in [0.1, 0.15) is 5.82 Å². The third-order valence-corrected chi connectivity index (χ3v) is 3.71. The van der Waals surface area contributed by atoms with Crippen LogP contribution >= 0.6 is 11.6 Å². The molecule has 0 saturated carbocycles. The van der Waals surface area contributed by atoms with Gasteiger partial charge in [0.05, 0.1) is 6.42 Å². The van der Waals surface area contributed by atoms with Gasteiger partial charge in [-0.1, -0.05) is 23.7 Å². The van der Waals surface area contributed by atoms with Gasteiger partial charge in [0.25, 0.3) is 0 Å². The van der Waals surface area contributed by atoms with E-state index in [0.29, 0.717) is 18.1 Å². The molecule has 0 aromatic heterocycles. The number of anilines is 1. The van der Waals surface area contributed by atoms with Crippen molar-refractivity contribution in [3.8, 4) is 0 Å². The zero-order valence-corrected chi connectivity index (χ0v) is 14.0. The highest BCUT2D eigenvalue weighted by molar-refractivity contribution is 6.30. The van der Waals surface area contributed by atoms with E-state index in [1.54, 1.807) is 41.3 Å². The molecule has 4 nitrogen and oxygen atoms in total. The third kappa shape index (κ3) is 5.35. The van der Waals surface area contributed by atoms with Crippen LogP contribution in [0, 0.1) is 5.82 Å². The lowest BCUT2D eigenvalue weighted by atomic mass is 10.1. The second kappa shape index (κ2) is 8.45. The van der Waals surface area contributed by atoms with Gasteiger partial charge in [-0.15, -0.1) is 0 Å². The van der Waals surface area contributed by atoms with Gasteiger partial charge in [0.15, 0.2) is 0 Å². The zero-order valence-electron chi connectivity index (χ0n) is 13.3. The highest BCUT2D eigenvalue weighted by atomic mass is 35.5. The Morgan fingerprint density at radius 1 is 1.08 bits per heavy atom. The molecule has 0 spiro atoms. The molecule has 126 valence electrons. The summed E-state index contributed by atoms with van der Waals surface area (Å²) in [5.41, 5.74) is 1.45. The molecule has 0 fully saturated rings. The van der Waals surface area contributed by atoms with Crippen molar-refractivity contribution < 1.29 is 14.0 Å². The summed E-state index contributed by atoms with van der Waals surface area (Å²) < 4.78 is 12.8. The summed E-state index contributed by atoms with van der Waals surface area (Å²) in [7, 11) is 0. The predicted octanol–water partition coefficient (Wildman–Crippen LogP) is 3.19. The SMILES string of the molecule is CC(=O)N(CCNC(=O)Cc1ccc(F)cc1)c1ccc(Cl)cc1. The van der Waals surface area contributed by atoms with E-state index in [1.807, 2.05) is 0 Å². The average molecular weight is 349 g/mol. The van der Waals surface area contributed by atoms with Crippen molar-refractivity contribution >= 4 is 29.1 Å². The molecule has 0 aliphatic carbocycles. The molecule has 0 heterocycles. The fraction of sp³-hybridized carbons (Fsp3) is 0.222. The molecular weight excluding hydrogens is 331 g/mol. The normalized spacial score (nSPS) is 10.3. The summed E-state index contributed by atoms with van der Waals surface area (Å²) in [6, 6.07) is 12.7. The number of carbonyl (C=O) groups is 2. The van der Waals surface area contributed by atoms with E-state index in [1.165, 1.54) is 19.1 Å². The molecule has 2 rings (SSSR count). The van der Waals surface area contributed by atoms with E-state index >= 15 is 0 Å². The third-order valence-electron chi connectivity index (χ3n) is 3.45. The first-order chi connectivity index (χ1) is 11.5. The first-order valence-electron chi connectivity index (χ1n) is 7.50. The summed E-state index contributed by atoms with van der Waals surface area (Å²) >= 11 is 5.84. The predicted molar refractivity (Wildman–Crippen MR) is 92.6 cm³/mol. The minimum Gasteiger partial charge on any atom is -0.354 e. The Morgan fingerprint density at radius 2 is 1.71 bits per heavy atom. The molecule has 0 aliphatic heterocycles. The van der Waals surface area contributed by atoms with Crippen molar-refractivity contribution in [1.29, 1.82) is 0 Å². The molecule has 0 unspecified atom stereocenters. The van der Waals surface area contributed by atoms with Gasteiger partial charge in [0.2, 0.25) is 11.8 Å². The van der Waals surface area contributed by atoms with Crippen LogP contribution in [-0.2, 0) is 16.0 Å². The zero-order chi connectivity index (χ0) is 17.5. The van der Waals surface area contributed by atoms with Crippen LogP contribution in [0.15, 0.2) is 48.5 Å². The number of hydrogen-bond donors (Lipinski definition) is 1. The van der Waals surface area contributed by atoms with Gasteiger partial charge in [0, 0.05) is 30.7 Å². The van der Waals surface area contributed by atoms with Gasteiger partial charge in [-0.25, -0.2) is 4.39 Å². The van der Waals surface area contributed by atoms with Gasteiger partial charge in [-0.2, -0.15) is 0 Å².